The number of nitrogens with two attached hydrogens (primary N) is 1. The molecule has 0 spiro atoms. The summed E-state index contributed by atoms with van der Waals surface area (Å²) in [4.78, 5) is 16.7. The molecular formula is C21H22Cl2N4O. The van der Waals surface area contributed by atoms with Gasteiger partial charge in [0.15, 0.2) is 0 Å². The molecule has 2 aromatic heterocycles. The summed E-state index contributed by atoms with van der Waals surface area (Å²) < 4.78 is 2.14. The minimum atomic E-state index is -0.0661. The molecule has 3 N–H and O–H groups in total. The Bertz CT molecular complexity index is 1020. The number of rotatable bonds is 4. The quantitative estimate of drug-likeness (QED) is 0.624. The highest BCUT2D eigenvalue weighted by atomic mass is 35.5. The Morgan fingerprint density at radius 1 is 1.25 bits per heavy atom. The smallest absolute Gasteiger partial charge is 0.268 e. The van der Waals surface area contributed by atoms with Gasteiger partial charge in [-0.05, 0) is 55.3 Å². The lowest BCUT2D eigenvalue weighted by Crippen LogP contribution is -2.39. The molecule has 5 nitrogen and oxygen atoms in total. The summed E-state index contributed by atoms with van der Waals surface area (Å²) in [5.74, 6) is -0.0661. The number of nitrogens with zero attached hydrogens (tertiary/aromatic N) is 2. The molecule has 0 radical (unpaired) electrons. The van der Waals surface area contributed by atoms with Crippen molar-refractivity contribution in [1.29, 1.82) is 0 Å². The normalized spacial score (nSPS) is 15.5. The molecule has 1 aliphatic heterocycles. The van der Waals surface area contributed by atoms with E-state index in [2.05, 4.69) is 40.0 Å². The lowest BCUT2D eigenvalue weighted by molar-refractivity contribution is 0.0914. The van der Waals surface area contributed by atoms with E-state index in [0.29, 0.717) is 23.9 Å². The maximum Gasteiger partial charge on any atom is 0.268 e. The van der Waals surface area contributed by atoms with Gasteiger partial charge in [0, 0.05) is 18.3 Å². The van der Waals surface area contributed by atoms with Crippen LogP contribution >= 0.6 is 24.0 Å². The predicted molar refractivity (Wildman–Crippen MR) is 115 cm³/mol. The van der Waals surface area contributed by atoms with E-state index in [-0.39, 0.29) is 24.4 Å². The maximum absolute atomic E-state index is 12.6. The molecular weight excluding hydrogens is 395 g/mol. The van der Waals surface area contributed by atoms with Gasteiger partial charge in [-0.25, -0.2) is 4.98 Å². The van der Waals surface area contributed by atoms with Crippen LogP contribution in [0, 0.1) is 6.92 Å². The summed E-state index contributed by atoms with van der Waals surface area (Å²) in [6.07, 6.45) is 2.48. The van der Waals surface area contributed by atoms with Gasteiger partial charge in [0.1, 0.15) is 10.8 Å². The highest BCUT2D eigenvalue weighted by molar-refractivity contribution is 6.29. The van der Waals surface area contributed by atoms with E-state index < -0.39 is 0 Å². The molecule has 3 heterocycles. The molecule has 4 rings (SSSR count). The first-order valence-electron chi connectivity index (χ1n) is 9.01. The van der Waals surface area contributed by atoms with Crippen LogP contribution in [-0.4, -0.2) is 28.5 Å². The lowest BCUT2D eigenvalue weighted by Gasteiger charge is -2.28. The molecule has 1 amide bonds. The molecule has 7 heteroatoms. The van der Waals surface area contributed by atoms with Crippen molar-refractivity contribution in [1.82, 2.24) is 14.9 Å². The Balaban J connectivity index is 0.00000225. The topological polar surface area (TPSA) is 72.9 Å². The van der Waals surface area contributed by atoms with E-state index in [0.717, 1.165) is 34.4 Å². The SMILES string of the molecule is Cc1cccc(-c2c(-c3ccnc(Cl)c3)cc3n2C(CCN)CNC3=O)c1.Cl. The van der Waals surface area contributed by atoms with Crippen molar-refractivity contribution in [3.05, 3.63) is 65.1 Å². The predicted octanol–water partition coefficient (Wildman–Crippen LogP) is 4.23. The maximum atomic E-state index is 12.6. The van der Waals surface area contributed by atoms with Crippen LogP contribution in [0.25, 0.3) is 22.4 Å². The van der Waals surface area contributed by atoms with Gasteiger partial charge in [0.25, 0.3) is 5.91 Å². The molecule has 0 saturated heterocycles. The number of nitrogens with one attached hydrogen (secondary N) is 1. The highest BCUT2D eigenvalue weighted by Crippen LogP contribution is 2.39. The van der Waals surface area contributed by atoms with Crippen LogP contribution in [0.5, 0.6) is 0 Å². The van der Waals surface area contributed by atoms with Crippen LogP contribution in [0.15, 0.2) is 48.7 Å². The average molecular weight is 417 g/mol. The van der Waals surface area contributed by atoms with Crippen molar-refractivity contribution in [2.45, 2.75) is 19.4 Å². The molecule has 0 aliphatic carbocycles. The Morgan fingerprint density at radius 2 is 2.07 bits per heavy atom. The molecule has 1 atom stereocenters. The fraction of sp³-hybridized carbons (Fsp3) is 0.238. The number of carbonyl (C=O) groups is 1. The third-order valence-electron chi connectivity index (χ3n) is 4.96. The van der Waals surface area contributed by atoms with E-state index in [1.165, 1.54) is 0 Å². The summed E-state index contributed by atoms with van der Waals surface area (Å²) in [5, 5.41) is 3.41. The van der Waals surface area contributed by atoms with Gasteiger partial charge in [0.05, 0.1) is 11.7 Å². The molecule has 146 valence electrons. The van der Waals surface area contributed by atoms with Gasteiger partial charge in [0.2, 0.25) is 0 Å². The van der Waals surface area contributed by atoms with Crippen molar-refractivity contribution in [3.8, 4) is 22.4 Å². The van der Waals surface area contributed by atoms with E-state index in [1.54, 1.807) is 6.20 Å². The monoisotopic (exact) mass is 416 g/mol. The molecule has 0 saturated carbocycles. The number of hydrogen-bond acceptors (Lipinski definition) is 3. The first kappa shape index (κ1) is 20.4. The van der Waals surface area contributed by atoms with E-state index >= 15 is 0 Å². The minimum absolute atomic E-state index is 0. The van der Waals surface area contributed by atoms with Crippen molar-refractivity contribution >= 4 is 29.9 Å². The zero-order valence-electron chi connectivity index (χ0n) is 15.5. The number of halogens is 2. The molecule has 3 aromatic rings. The number of carbonyl (C=O) groups excluding carboxylic acids is 1. The zero-order chi connectivity index (χ0) is 19.0. The lowest BCUT2D eigenvalue weighted by atomic mass is 10.0. The first-order chi connectivity index (χ1) is 13.1. The Labute approximate surface area is 175 Å². The minimum Gasteiger partial charge on any atom is -0.349 e. The highest BCUT2D eigenvalue weighted by Gasteiger charge is 2.30. The Morgan fingerprint density at radius 3 is 2.79 bits per heavy atom. The Hall–Kier alpha value is -2.34. The second-order valence-corrected chi connectivity index (χ2v) is 7.23. The molecule has 1 aliphatic rings. The van der Waals surface area contributed by atoms with Crippen LogP contribution in [0.4, 0.5) is 0 Å². The molecule has 0 fully saturated rings. The van der Waals surface area contributed by atoms with Crippen molar-refractivity contribution in [2.75, 3.05) is 13.1 Å². The fourth-order valence-corrected chi connectivity index (χ4v) is 3.95. The molecule has 0 bridgehead atoms. The average Bonchev–Trinajstić information content (AvgIpc) is 3.06. The molecule has 1 unspecified atom stereocenters. The van der Waals surface area contributed by atoms with Gasteiger partial charge in [-0.1, -0.05) is 35.4 Å². The molecule has 28 heavy (non-hydrogen) atoms. The van der Waals surface area contributed by atoms with Gasteiger partial charge in [-0.3, -0.25) is 4.79 Å². The number of aromatic nitrogens is 2. The third-order valence-corrected chi connectivity index (χ3v) is 5.17. The zero-order valence-corrected chi connectivity index (χ0v) is 17.1. The van der Waals surface area contributed by atoms with Crippen LogP contribution < -0.4 is 11.1 Å². The van der Waals surface area contributed by atoms with E-state index in [4.69, 9.17) is 17.3 Å². The number of hydrogen-bond donors (Lipinski definition) is 2. The number of amides is 1. The Kier molecular flexibility index (Phi) is 6.08. The number of benzene rings is 1. The second kappa shape index (κ2) is 8.35. The summed E-state index contributed by atoms with van der Waals surface area (Å²) in [7, 11) is 0. The summed E-state index contributed by atoms with van der Waals surface area (Å²) >= 11 is 6.14. The van der Waals surface area contributed by atoms with Crippen LogP contribution in [0.2, 0.25) is 5.15 Å². The first-order valence-corrected chi connectivity index (χ1v) is 9.38. The van der Waals surface area contributed by atoms with Crippen LogP contribution in [-0.2, 0) is 0 Å². The van der Waals surface area contributed by atoms with Crippen molar-refractivity contribution in [2.24, 2.45) is 5.73 Å². The van der Waals surface area contributed by atoms with Gasteiger partial charge in [-0.2, -0.15) is 0 Å². The van der Waals surface area contributed by atoms with Crippen LogP contribution in [0.3, 0.4) is 0 Å². The number of aryl methyl sites for hydroxylation is 1. The summed E-state index contributed by atoms with van der Waals surface area (Å²) in [5.41, 5.74) is 11.7. The fourth-order valence-electron chi connectivity index (χ4n) is 3.77. The number of fused-ring (bicyclic) bond motifs is 1. The summed E-state index contributed by atoms with van der Waals surface area (Å²) in [6.45, 7) is 3.20. The number of pyridine rings is 1. The third kappa shape index (κ3) is 3.65. The summed E-state index contributed by atoms with van der Waals surface area (Å²) in [6, 6.07) is 14.1. The largest absolute Gasteiger partial charge is 0.349 e. The van der Waals surface area contributed by atoms with E-state index in [9.17, 15) is 4.79 Å². The van der Waals surface area contributed by atoms with Crippen molar-refractivity contribution in [3.63, 3.8) is 0 Å². The van der Waals surface area contributed by atoms with Gasteiger partial charge >= 0.3 is 0 Å². The van der Waals surface area contributed by atoms with Crippen molar-refractivity contribution < 1.29 is 4.79 Å². The van der Waals surface area contributed by atoms with Gasteiger partial charge in [-0.15, -0.1) is 12.4 Å². The molecule has 1 aromatic carbocycles. The van der Waals surface area contributed by atoms with Gasteiger partial charge < -0.3 is 15.6 Å². The van der Waals surface area contributed by atoms with Crippen LogP contribution in [0.1, 0.15) is 28.5 Å². The van der Waals surface area contributed by atoms with E-state index in [1.807, 2.05) is 24.3 Å². The standard InChI is InChI=1S/C21H21ClN4O.ClH/c1-13-3-2-4-15(9-13)20-17(14-6-8-24-19(22)10-14)11-18-21(27)25-12-16(5-7-23)26(18)20;/h2-4,6,8-11,16H,5,7,12,23H2,1H3,(H,25,27);1H. The second-order valence-electron chi connectivity index (χ2n) is 6.84.